The molecule has 114 valence electrons. The van der Waals surface area contributed by atoms with Gasteiger partial charge in [0.2, 0.25) is 0 Å². The molecule has 1 saturated heterocycles. The highest BCUT2D eigenvalue weighted by Gasteiger charge is 2.34. The van der Waals surface area contributed by atoms with E-state index in [1.165, 1.54) is 4.88 Å². The number of likely N-dealkylation sites (tertiary alicyclic amines) is 1. The van der Waals surface area contributed by atoms with Crippen molar-refractivity contribution in [1.29, 1.82) is 0 Å². The minimum atomic E-state index is -4.36. The lowest BCUT2D eigenvalue weighted by molar-refractivity contribution is -0.141. The summed E-state index contributed by atoms with van der Waals surface area (Å²) in [6.45, 7) is 2.48. The van der Waals surface area contributed by atoms with Crippen LogP contribution in [0.2, 0.25) is 0 Å². The van der Waals surface area contributed by atoms with E-state index in [0.29, 0.717) is 5.82 Å². The molecular formula is C13H15F3N4S. The molecule has 0 saturated carbocycles. The number of nitrogens with zero attached hydrogens (tertiary/aromatic N) is 3. The fourth-order valence-electron chi connectivity index (χ4n) is 2.65. The summed E-state index contributed by atoms with van der Waals surface area (Å²) in [5, 5.41) is 0. The number of piperidine rings is 1. The highest BCUT2D eigenvalue weighted by atomic mass is 32.1. The Morgan fingerprint density at radius 3 is 2.90 bits per heavy atom. The Morgan fingerprint density at radius 1 is 1.38 bits per heavy atom. The van der Waals surface area contributed by atoms with E-state index in [-0.39, 0.29) is 5.92 Å². The number of hydrogen-bond acceptors (Lipinski definition) is 4. The Kier molecular flexibility index (Phi) is 3.99. The van der Waals surface area contributed by atoms with Crippen LogP contribution in [0.4, 0.5) is 13.2 Å². The third-order valence-electron chi connectivity index (χ3n) is 3.66. The number of halogens is 3. The van der Waals surface area contributed by atoms with Gasteiger partial charge in [-0.2, -0.15) is 13.2 Å². The molecule has 0 amide bonds. The van der Waals surface area contributed by atoms with Crippen molar-refractivity contribution in [1.82, 2.24) is 19.9 Å². The highest BCUT2D eigenvalue weighted by molar-refractivity contribution is 7.09. The van der Waals surface area contributed by atoms with Crippen LogP contribution in [0.3, 0.4) is 0 Å². The second kappa shape index (κ2) is 5.76. The zero-order valence-corrected chi connectivity index (χ0v) is 12.0. The lowest BCUT2D eigenvalue weighted by atomic mass is 9.97. The van der Waals surface area contributed by atoms with E-state index in [2.05, 4.69) is 19.9 Å². The van der Waals surface area contributed by atoms with Crippen molar-refractivity contribution < 1.29 is 13.2 Å². The van der Waals surface area contributed by atoms with Crippen molar-refractivity contribution in [2.75, 3.05) is 13.1 Å². The van der Waals surface area contributed by atoms with E-state index in [0.717, 1.165) is 38.7 Å². The summed E-state index contributed by atoms with van der Waals surface area (Å²) in [5.74, 6) is 0.471. The van der Waals surface area contributed by atoms with Gasteiger partial charge in [0.15, 0.2) is 0 Å². The van der Waals surface area contributed by atoms with E-state index < -0.39 is 11.9 Å². The van der Waals surface area contributed by atoms with Gasteiger partial charge in [-0.25, -0.2) is 4.98 Å². The van der Waals surface area contributed by atoms with E-state index in [1.54, 1.807) is 16.8 Å². The van der Waals surface area contributed by atoms with Crippen LogP contribution < -0.4 is 0 Å². The van der Waals surface area contributed by atoms with Crippen LogP contribution >= 0.6 is 11.3 Å². The molecule has 0 bridgehead atoms. The minimum absolute atomic E-state index is 0.0303. The van der Waals surface area contributed by atoms with Crippen LogP contribution in [0.15, 0.2) is 17.9 Å². The van der Waals surface area contributed by atoms with Gasteiger partial charge in [0.1, 0.15) is 11.5 Å². The van der Waals surface area contributed by atoms with Gasteiger partial charge in [-0.15, -0.1) is 11.3 Å². The number of alkyl halides is 3. The lowest BCUT2D eigenvalue weighted by Crippen LogP contribution is -2.34. The van der Waals surface area contributed by atoms with Crippen molar-refractivity contribution in [3.8, 4) is 0 Å². The lowest BCUT2D eigenvalue weighted by Gasteiger charge is -2.31. The quantitative estimate of drug-likeness (QED) is 0.945. The summed E-state index contributed by atoms with van der Waals surface area (Å²) < 4.78 is 37.8. The highest BCUT2D eigenvalue weighted by Crippen LogP contribution is 2.31. The van der Waals surface area contributed by atoms with Crippen molar-refractivity contribution in [2.45, 2.75) is 31.5 Å². The van der Waals surface area contributed by atoms with Gasteiger partial charge >= 0.3 is 6.18 Å². The molecule has 0 spiro atoms. The standard InChI is InChI=1S/C13H15F3N4S/c14-13(15,16)11-5-18-12(19-11)9-2-1-3-20(6-9)7-10-4-17-8-21-10/h4-5,8-9H,1-3,6-7H2,(H,18,19)/t9-/m0/s1. The maximum absolute atomic E-state index is 12.6. The van der Waals surface area contributed by atoms with Gasteiger partial charge in [-0.1, -0.05) is 0 Å². The largest absolute Gasteiger partial charge is 0.432 e. The Bertz CT molecular complexity index is 579. The van der Waals surface area contributed by atoms with Gasteiger partial charge < -0.3 is 4.98 Å². The van der Waals surface area contributed by atoms with Gasteiger partial charge in [0, 0.05) is 30.1 Å². The molecule has 2 aromatic rings. The predicted molar refractivity (Wildman–Crippen MR) is 73.0 cm³/mol. The first-order valence-electron chi connectivity index (χ1n) is 6.74. The monoisotopic (exact) mass is 316 g/mol. The smallest absolute Gasteiger partial charge is 0.338 e. The Hall–Kier alpha value is -1.41. The number of nitrogens with one attached hydrogen (secondary N) is 1. The van der Waals surface area contributed by atoms with Crippen LogP contribution in [-0.4, -0.2) is 32.9 Å². The van der Waals surface area contributed by atoms with Gasteiger partial charge in [-0.05, 0) is 19.4 Å². The molecule has 0 aliphatic carbocycles. The number of thiazole rings is 1. The molecular weight excluding hydrogens is 301 g/mol. The van der Waals surface area contributed by atoms with Crippen LogP contribution in [0.25, 0.3) is 0 Å². The van der Waals surface area contributed by atoms with Crippen molar-refractivity contribution in [3.05, 3.63) is 34.3 Å². The molecule has 0 radical (unpaired) electrons. The first-order chi connectivity index (χ1) is 10.0. The molecule has 3 heterocycles. The first-order valence-corrected chi connectivity index (χ1v) is 7.62. The molecule has 21 heavy (non-hydrogen) atoms. The molecule has 0 unspecified atom stereocenters. The van der Waals surface area contributed by atoms with Crippen LogP contribution in [0.5, 0.6) is 0 Å². The molecule has 1 aliphatic rings. The van der Waals surface area contributed by atoms with Crippen LogP contribution in [0.1, 0.15) is 35.2 Å². The molecule has 1 fully saturated rings. The molecule has 3 rings (SSSR count). The van der Waals surface area contributed by atoms with Gasteiger partial charge in [0.25, 0.3) is 0 Å². The average Bonchev–Trinajstić information content (AvgIpc) is 3.09. The van der Waals surface area contributed by atoms with Gasteiger partial charge in [0.05, 0.1) is 11.7 Å². The normalized spacial score (nSPS) is 20.8. The number of rotatable bonds is 3. The third kappa shape index (κ3) is 3.44. The van der Waals surface area contributed by atoms with E-state index in [4.69, 9.17) is 0 Å². The number of hydrogen-bond donors (Lipinski definition) is 1. The predicted octanol–water partition coefficient (Wildman–Crippen LogP) is 3.26. The maximum atomic E-state index is 12.6. The zero-order valence-electron chi connectivity index (χ0n) is 11.2. The summed E-state index contributed by atoms with van der Waals surface area (Å²) in [4.78, 5) is 13.8. The zero-order chi connectivity index (χ0) is 14.9. The summed E-state index contributed by atoms with van der Waals surface area (Å²) >= 11 is 1.60. The number of aromatic amines is 1. The Balaban J connectivity index is 1.67. The van der Waals surface area contributed by atoms with Gasteiger partial charge in [-0.3, -0.25) is 9.88 Å². The van der Waals surface area contributed by atoms with Crippen LogP contribution in [-0.2, 0) is 12.7 Å². The van der Waals surface area contributed by atoms with Crippen LogP contribution in [0, 0.1) is 0 Å². The number of aromatic nitrogens is 3. The van der Waals surface area contributed by atoms with Crippen molar-refractivity contribution in [2.24, 2.45) is 0 Å². The molecule has 1 atom stereocenters. The summed E-state index contributed by atoms with van der Waals surface area (Å²) in [7, 11) is 0. The fourth-order valence-corrected chi connectivity index (χ4v) is 3.29. The Morgan fingerprint density at radius 2 is 2.24 bits per heavy atom. The minimum Gasteiger partial charge on any atom is -0.338 e. The van der Waals surface area contributed by atoms with E-state index in [1.807, 2.05) is 6.20 Å². The Labute approximate surface area is 124 Å². The topological polar surface area (TPSA) is 44.8 Å². The van der Waals surface area contributed by atoms with Crippen molar-refractivity contribution >= 4 is 11.3 Å². The van der Waals surface area contributed by atoms with Crippen molar-refractivity contribution in [3.63, 3.8) is 0 Å². The average molecular weight is 316 g/mol. The summed E-state index contributed by atoms with van der Waals surface area (Å²) in [6.07, 6.45) is 0.193. The molecule has 4 nitrogen and oxygen atoms in total. The molecule has 2 aromatic heterocycles. The molecule has 1 N–H and O–H groups in total. The third-order valence-corrected chi connectivity index (χ3v) is 4.42. The summed E-state index contributed by atoms with van der Waals surface area (Å²) in [6, 6.07) is 0. The second-order valence-electron chi connectivity index (χ2n) is 5.22. The molecule has 1 aliphatic heterocycles. The first kappa shape index (κ1) is 14.5. The van der Waals surface area contributed by atoms with E-state index >= 15 is 0 Å². The SMILES string of the molecule is FC(F)(F)c1cnc([C@H]2CCCN(Cc3cncs3)C2)[nH]1. The summed E-state index contributed by atoms with van der Waals surface area (Å²) in [5.41, 5.74) is 1.02. The maximum Gasteiger partial charge on any atom is 0.432 e. The number of imidazole rings is 1. The molecule has 8 heteroatoms. The molecule has 0 aromatic carbocycles. The second-order valence-corrected chi connectivity index (χ2v) is 6.19. The number of H-pyrrole nitrogens is 1. The van der Waals surface area contributed by atoms with E-state index in [9.17, 15) is 13.2 Å². The fraction of sp³-hybridized carbons (Fsp3) is 0.538.